The van der Waals surface area contributed by atoms with Gasteiger partial charge in [0.25, 0.3) is 5.91 Å². The van der Waals surface area contributed by atoms with Crippen molar-refractivity contribution in [2.45, 2.75) is 43.2 Å². The van der Waals surface area contributed by atoms with Crippen molar-refractivity contribution >= 4 is 27.6 Å². The van der Waals surface area contributed by atoms with Crippen LogP contribution >= 0.6 is 0 Å². The Balaban J connectivity index is 1.33. The lowest BCUT2D eigenvalue weighted by molar-refractivity contribution is -0.148. The summed E-state index contributed by atoms with van der Waals surface area (Å²) >= 11 is 0. The van der Waals surface area contributed by atoms with E-state index >= 15 is 0 Å². The Morgan fingerprint density at radius 1 is 0.917 bits per heavy atom. The third kappa shape index (κ3) is 4.54. The lowest BCUT2D eigenvalue weighted by atomic mass is 9.92. The van der Waals surface area contributed by atoms with E-state index in [0.717, 1.165) is 28.8 Å². The van der Waals surface area contributed by atoms with E-state index < -0.39 is 28.6 Å². The van der Waals surface area contributed by atoms with E-state index in [1.54, 1.807) is 35.2 Å². The largest absolute Gasteiger partial charge is 0.455 e. The molecule has 3 aromatic rings. The van der Waals surface area contributed by atoms with E-state index in [2.05, 4.69) is 0 Å². The van der Waals surface area contributed by atoms with Crippen molar-refractivity contribution in [2.24, 2.45) is 0 Å². The van der Waals surface area contributed by atoms with Gasteiger partial charge in [0.15, 0.2) is 6.61 Å². The van der Waals surface area contributed by atoms with Crippen LogP contribution in [0.25, 0.3) is 0 Å². The summed E-state index contributed by atoms with van der Waals surface area (Å²) in [6.45, 7) is 1.83. The SMILES string of the molecule is C[C@H]1Cc2ccccc2N1C(=O)COC(=O)C[C@@H]1c2ccccc2CCN1S(=O)(=O)c1ccccc1. The topological polar surface area (TPSA) is 84.0 Å². The molecule has 0 spiro atoms. The third-order valence-electron chi connectivity index (χ3n) is 6.91. The number of fused-ring (bicyclic) bond motifs is 2. The van der Waals surface area contributed by atoms with Gasteiger partial charge in [0.1, 0.15) is 0 Å². The van der Waals surface area contributed by atoms with Crippen molar-refractivity contribution in [3.63, 3.8) is 0 Å². The molecule has 2 aliphatic heterocycles. The summed E-state index contributed by atoms with van der Waals surface area (Å²) < 4.78 is 33.8. The first kappa shape index (κ1) is 24.2. The van der Waals surface area contributed by atoms with Crippen molar-refractivity contribution in [1.29, 1.82) is 0 Å². The molecule has 36 heavy (non-hydrogen) atoms. The normalized spacial score (nSPS) is 19.4. The number of anilines is 1. The molecule has 0 aromatic heterocycles. The van der Waals surface area contributed by atoms with Crippen molar-refractivity contribution in [3.8, 4) is 0 Å². The number of esters is 1. The number of nitrogens with zero attached hydrogens (tertiary/aromatic N) is 2. The predicted molar refractivity (Wildman–Crippen MR) is 136 cm³/mol. The number of rotatable bonds is 6. The smallest absolute Gasteiger partial charge is 0.308 e. The molecule has 0 bridgehead atoms. The van der Waals surface area contributed by atoms with Gasteiger partial charge in [0.05, 0.1) is 17.4 Å². The van der Waals surface area contributed by atoms with Crippen LogP contribution in [-0.4, -0.2) is 43.8 Å². The van der Waals surface area contributed by atoms with Gasteiger partial charge in [0, 0.05) is 18.3 Å². The molecule has 2 heterocycles. The second-order valence-corrected chi connectivity index (χ2v) is 11.1. The van der Waals surface area contributed by atoms with Crippen LogP contribution in [0.2, 0.25) is 0 Å². The first-order valence-corrected chi connectivity index (χ1v) is 13.5. The Kier molecular flexibility index (Phi) is 6.64. The number of ether oxygens (including phenoxy) is 1. The molecule has 2 atom stereocenters. The van der Waals surface area contributed by atoms with Crippen LogP contribution in [0.5, 0.6) is 0 Å². The van der Waals surface area contributed by atoms with Gasteiger partial charge >= 0.3 is 5.97 Å². The van der Waals surface area contributed by atoms with Crippen LogP contribution in [0.15, 0.2) is 83.8 Å². The van der Waals surface area contributed by atoms with Crippen LogP contribution in [0.1, 0.15) is 36.1 Å². The molecule has 0 saturated heterocycles. The highest BCUT2D eigenvalue weighted by molar-refractivity contribution is 7.89. The molecule has 0 N–H and O–H groups in total. The molecule has 186 valence electrons. The van der Waals surface area contributed by atoms with Gasteiger partial charge in [-0.3, -0.25) is 9.59 Å². The minimum absolute atomic E-state index is 0.0228. The fraction of sp³-hybridized carbons (Fsp3) is 0.286. The van der Waals surface area contributed by atoms with Crippen LogP contribution in [0.4, 0.5) is 5.69 Å². The van der Waals surface area contributed by atoms with Gasteiger partial charge in [-0.15, -0.1) is 0 Å². The average Bonchev–Trinajstić information content (AvgIpc) is 3.23. The van der Waals surface area contributed by atoms with E-state index in [9.17, 15) is 18.0 Å². The van der Waals surface area contributed by atoms with E-state index in [1.807, 2.05) is 55.5 Å². The molecule has 0 fully saturated rings. The molecule has 0 aliphatic carbocycles. The maximum absolute atomic E-state index is 13.5. The van der Waals surface area contributed by atoms with Gasteiger partial charge in [-0.2, -0.15) is 4.31 Å². The quantitative estimate of drug-likeness (QED) is 0.476. The molecule has 1 amide bonds. The molecule has 5 rings (SSSR count). The summed E-state index contributed by atoms with van der Waals surface area (Å²) in [6.07, 6.45) is 1.13. The minimum atomic E-state index is -3.83. The number of carbonyl (C=O) groups excluding carboxylic acids is 2. The van der Waals surface area contributed by atoms with Crippen molar-refractivity contribution in [3.05, 3.63) is 95.6 Å². The van der Waals surface area contributed by atoms with Crippen molar-refractivity contribution < 1.29 is 22.7 Å². The van der Waals surface area contributed by atoms with Crippen LogP contribution in [0, 0.1) is 0 Å². The molecule has 0 saturated carbocycles. The fourth-order valence-corrected chi connectivity index (χ4v) is 6.86. The second kappa shape index (κ2) is 9.87. The molecular weight excluding hydrogens is 476 g/mol. The summed E-state index contributed by atoms with van der Waals surface area (Å²) in [5.41, 5.74) is 3.72. The number of hydrogen-bond acceptors (Lipinski definition) is 5. The maximum Gasteiger partial charge on any atom is 0.308 e. The zero-order valence-electron chi connectivity index (χ0n) is 20.0. The fourth-order valence-electron chi connectivity index (χ4n) is 5.23. The van der Waals surface area contributed by atoms with Gasteiger partial charge in [-0.1, -0.05) is 60.7 Å². The Morgan fingerprint density at radius 2 is 1.58 bits per heavy atom. The van der Waals surface area contributed by atoms with Crippen LogP contribution in [-0.2, 0) is 37.2 Å². The maximum atomic E-state index is 13.5. The number of carbonyl (C=O) groups is 2. The van der Waals surface area contributed by atoms with E-state index in [-0.39, 0.29) is 29.8 Å². The average molecular weight is 505 g/mol. The van der Waals surface area contributed by atoms with Crippen molar-refractivity contribution in [1.82, 2.24) is 4.31 Å². The highest BCUT2D eigenvalue weighted by Crippen LogP contribution is 2.37. The number of sulfonamides is 1. The molecule has 2 aliphatic rings. The number of benzene rings is 3. The summed E-state index contributed by atoms with van der Waals surface area (Å²) in [4.78, 5) is 27.8. The summed E-state index contributed by atoms with van der Waals surface area (Å²) in [7, 11) is -3.83. The second-order valence-electron chi connectivity index (χ2n) is 9.20. The van der Waals surface area contributed by atoms with E-state index in [1.165, 1.54) is 4.31 Å². The Morgan fingerprint density at radius 3 is 2.36 bits per heavy atom. The Labute approximate surface area is 211 Å². The molecule has 0 radical (unpaired) electrons. The number of amides is 1. The lowest BCUT2D eigenvalue weighted by Crippen LogP contribution is -2.41. The monoisotopic (exact) mass is 504 g/mol. The zero-order valence-corrected chi connectivity index (χ0v) is 20.9. The molecule has 0 unspecified atom stereocenters. The minimum Gasteiger partial charge on any atom is -0.455 e. The zero-order chi connectivity index (χ0) is 25.3. The highest BCUT2D eigenvalue weighted by atomic mass is 32.2. The third-order valence-corrected chi connectivity index (χ3v) is 8.83. The standard InChI is InChI=1S/C28H28N2O5S/c1-20-17-22-10-6-8-14-25(22)30(20)27(31)19-35-28(32)18-26-24-13-7-5-9-21(24)15-16-29(26)36(33,34)23-11-3-2-4-12-23/h2-14,20,26H,15-19H2,1H3/t20-,26+/m0/s1. The first-order chi connectivity index (χ1) is 17.4. The highest BCUT2D eigenvalue weighted by Gasteiger charge is 2.38. The van der Waals surface area contributed by atoms with Gasteiger partial charge in [-0.25, -0.2) is 8.42 Å². The van der Waals surface area contributed by atoms with Crippen molar-refractivity contribution in [2.75, 3.05) is 18.1 Å². The molecule has 8 heteroatoms. The summed E-state index contributed by atoms with van der Waals surface area (Å²) in [6, 6.07) is 22.7. The summed E-state index contributed by atoms with van der Waals surface area (Å²) in [5, 5.41) is 0. The lowest BCUT2D eigenvalue weighted by Gasteiger charge is -2.36. The van der Waals surface area contributed by atoms with Crippen LogP contribution in [0.3, 0.4) is 0 Å². The predicted octanol–water partition coefficient (Wildman–Crippen LogP) is 3.89. The first-order valence-electron chi connectivity index (χ1n) is 12.1. The number of hydrogen-bond donors (Lipinski definition) is 0. The van der Waals surface area contributed by atoms with Gasteiger partial charge < -0.3 is 9.64 Å². The van der Waals surface area contributed by atoms with Crippen LogP contribution < -0.4 is 4.90 Å². The molecule has 7 nitrogen and oxygen atoms in total. The summed E-state index contributed by atoms with van der Waals surface area (Å²) in [5.74, 6) is -0.906. The molecular formula is C28H28N2O5S. The number of para-hydroxylation sites is 1. The van der Waals surface area contributed by atoms with Gasteiger partial charge in [0.2, 0.25) is 10.0 Å². The van der Waals surface area contributed by atoms with E-state index in [4.69, 9.17) is 4.74 Å². The van der Waals surface area contributed by atoms with E-state index in [0.29, 0.717) is 6.42 Å². The Bertz CT molecular complexity index is 1390. The molecule has 3 aromatic carbocycles. The van der Waals surface area contributed by atoms with Gasteiger partial charge in [-0.05, 0) is 54.7 Å². The Hall–Kier alpha value is -3.49.